The summed E-state index contributed by atoms with van der Waals surface area (Å²) in [4.78, 5) is 27.5. The van der Waals surface area contributed by atoms with E-state index in [4.69, 9.17) is 9.47 Å². The van der Waals surface area contributed by atoms with Crippen molar-refractivity contribution >= 4 is 17.5 Å². The van der Waals surface area contributed by atoms with Crippen LogP contribution < -0.4 is 14.8 Å². The van der Waals surface area contributed by atoms with Gasteiger partial charge in [-0.05, 0) is 55.5 Å². The van der Waals surface area contributed by atoms with Crippen molar-refractivity contribution in [2.45, 2.75) is 13.8 Å². The molecule has 7 nitrogen and oxygen atoms in total. The van der Waals surface area contributed by atoms with E-state index in [0.717, 1.165) is 17.2 Å². The van der Waals surface area contributed by atoms with E-state index in [1.807, 2.05) is 55.5 Å². The van der Waals surface area contributed by atoms with Crippen LogP contribution in [0.15, 0.2) is 48.5 Å². The minimum atomic E-state index is -0.0681. The predicted octanol–water partition coefficient (Wildman–Crippen LogP) is 2.98. The van der Waals surface area contributed by atoms with Crippen molar-refractivity contribution in [3.63, 3.8) is 0 Å². The fraction of sp³-hybridized carbons (Fsp3) is 0.364. The Labute approximate surface area is 171 Å². The van der Waals surface area contributed by atoms with Crippen molar-refractivity contribution in [3.05, 3.63) is 48.5 Å². The summed E-state index contributed by atoms with van der Waals surface area (Å²) in [6, 6.07) is 14.7. The number of carbonyl (C=O) groups is 2. The number of rotatable bonds is 7. The van der Waals surface area contributed by atoms with Crippen molar-refractivity contribution in [2.75, 3.05) is 44.6 Å². The summed E-state index contributed by atoms with van der Waals surface area (Å²) in [5, 5.41) is 2.90. The number of amides is 2. The Kier molecular flexibility index (Phi) is 7.08. The van der Waals surface area contributed by atoms with E-state index in [2.05, 4.69) is 10.2 Å². The molecule has 2 aromatic carbocycles. The van der Waals surface area contributed by atoms with Crippen LogP contribution >= 0.6 is 0 Å². The molecule has 1 heterocycles. The van der Waals surface area contributed by atoms with Crippen molar-refractivity contribution in [1.82, 2.24) is 9.80 Å². The normalized spacial score (nSPS) is 14.3. The van der Waals surface area contributed by atoms with E-state index in [1.54, 1.807) is 11.8 Å². The molecular formula is C22H27N3O4. The lowest BCUT2D eigenvalue weighted by molar-refractivity contribution is -0.130. The van der Waals surface area contributed by atoms with Crippen molar-refractivity contribution in [3.8, 4) is 17.2 Å². The van der Waals surface area contributed by atoms with Crippen LogP contribution in [-0.4, -0.2) is 60.9 Å². The maximum absolute atomic E-state index is 12.3. The van der Waals surface area contributed by atoms with Crippen LogP contribution in [-0.2, 0) is 9.59 Å². The molecule has 0 aromatic heterocycles. The van der Waals surface area contributed by atoms with Gasteiger partial charge in [0.1, 0.15) is 17.2 Å². The number of carbonyl (C=O) groups excluding carboxylic acids is 2. The van der Waals surface area contributed by atoms with Gasteiger partial charge in [-0.3, -0.25) is 14.5 Å². The Morgan fingerprint density at radius 1 is 0.897 bits per heavy atom. The second-order valence-electron chi connectivity index (χ2n) is 6.86. The first-order valence-electron chi connectivity index (χ1n) is 9.82. The lowest BCUT2D eigenvalue weighted by Gasteiger charge is -2.33. The summed E-state index contributed by atoms with van der Waals surface area (Å²) in [5.41, 5.74) is 0.719. The molecule has 0 unspecified atom stereocenters. The molecule has 1 N–H and O–H groups in total. The third kappa shape index (κ3) is 6.22. The van der Waals surface area contributed by atoms with Crippen LogP contribution in [0.3, 0.4) is 0 Å². The molecule has 1 aliphatic rings. The Morgan fingerprint density at radius 2 is 1.45 bits per heavy atom. The van der Waals surface area contributed by atoms with Gasteiger partial charge in [-0.2, -0.15) is 0 Å². The maximum Gasteiger partial charge on any atom is 0.238 e. The molecular weight excluding hydrogens is 370 g/mol. The topological polar surface area (TPSA) is 71.1 Å². The van der Waals surface area contributed by atoms with Gasteiger partial charge in [-0.15, -0.1) is 0 Å². The molecule has 7 heteroatoms. The van der Waals surface area contributed by atoms with Gasteiger partial charge in [0.15, 0.2) is 0 Å². The van der Waals surface area contributed by atoms with Gasteiger partial charge in [-0.1, -0.05) is 0 Å². The zero-order chi connectivity index (χ0) is 20.6. The van der Waals surface area contributed by atoms with E-state index in [1.165, 1.54) is 0 Å². The minimum Gasteiger partial charge on any atom is -0.494 e. The number of piperazine rings is 1. The molecule has 0 aliphatic carbocycles. The number of nitrogens with one attached hydrogen (secondary N) is 1. The molecule has 1 saturated heterocycles. The molecule has 1 fully saturated rings. The fourth-order valence-electron chi connectivity index (χ4n) is 3.14. The maximum atomic E-state index is 12.3. The third-order valence-corrected chi connectivity index (χ3v) is 4.69. The first-order valence-corrected chi connectivity index (χ1v) is 9.82. The Hall–Kier alpha value is -3.06. The average molecular weight is 397 g/mol. The van der Waals surface area contributed by atoms with E-state index in [-0.39, 0.29) is 11.8 Å². The summed E-state index contributed by atoms with van der Waals surface area (Å²) < 4.78 is 11.2. The van der Waals surface area contributed by atoms with Gasteiger partial charge in [0.05, 0.1) is 13.2 Å². The first-order chi connectivity index (χ1) is 14.0. The summed E-state index contributed by atoms with van der Waals surface area (Å²) in [6.07, 6.45) is 0. The lowest BCUT2D eigenvalue weighted by Crippen LogP contribution is -2.49. The van der Waals surface area contributed by atoms with Crippen molar-refractivity contribution < 1.29 is 19.1 Å². The van der Waals surface area contributed by atoms with Gasteiger partial charge >= 0.3 is 0 Å². The molecule has 0 radical (unpaired) electrons. The molecule has 29 heavy (non-hydrogen) atoms. The molecule has 0 saturated carbocycles. The van der Waals surface area contributed by atoms with Gasteiger partial charge in [0.2, 0.25) is 11.8 Å². The average Bonchev–Trinajstić information content (AvgIpc) is 2.71. The molecule has 0 bridgehead atoms. The van der Waals surface area contributed by atoms with Gasteiger partial charge in [-0.25, -0.2) is 0 Å². The molecule has 0 spiro atoms. The highest BCUT2D eigenvalue weighted by Gasteiger charge is 2.20. The monoisotopic (exact) mass is 397 g/mol. The standard InChI is InChI=1S/C22H27N3O4/c1-3-28-19-8-10-21(11-9-19)29-20-6-4-18(5-7-20)23-22(27)16-24-12-14-25(15-13-24)17(2)26/h4-11H,3,12-16H2,1-2H3,(H,23,27). The largest absolute Gasteiger partial charge is 0.494 e. The summed E-state index contributed by atoms with van der Waals surface area (Å²) in [6.45, 7) is 7.22. The van der Waals surface area contributed by atoms with Crippen molar-refractivity contribution in [2.24, 2.45) is 0 Å². The fourth-order valence-corrected chi connectivity index (χ4v) is 3.14. The molecule has 1 aliphatic heterocycles. The second kappa shape index (κ2) is 9.93. The Balaban J connectivity index is 1.46. The Bertz CT molecular complexity index is 813. The van der Waals surface area contributed by atoms with E-state index in [0.29, 0.717) is 45.1 Å². The molecule has 2 aromatic rings. The Morgan fingerprint density at radius 3 is 2.00 bits per heavy atom. The van der Waals surface area contributed by atoms with Crippen LogP contribution in [0.5, 0.6) is 17.2 Å². The molecule has 154 valence electrons. The van der Waals surface area contributed by atoms with Gasteiger partial charge in [0, 0.05) is 38.8 Å². The number of ether oxygens (including phenoxy) is 2. The third-order valence-electron chi connectivity index (χ3n) is 4.69. The van der Waals surface area contributed by atoms with Crippen LogP contribution in [0.25, 0.3) is 0 Å². The second-order valence-corrected chi connectivity index (χ2v) is 6.86. The number of hydrogen-bond acceptors (Lipinski definition) is 5. The number of benzene rings is 2. The van der Waals surface area contributed by atoms with E-state index in [9.17, 15) is 9.59 Å². The first kappa shape index (κ1) is 20.7. The number of anilines is 1. The van der Waals surface area contributed by atoms with Crippen molar-refractivity contribution in [1.29, 1.82) is 0 Å². The summed E-state index contributed by atoms with van der Waals surface area (Å²) in [5.74, 6) is 2.23. The minimum absolute atomic E-state index is 0.0681. The predicted molar refractivity (Wildman–Crippen MR) is 111 cm³/mol. The zero-order valence-corrected chi connectivity index (χ0v) is 16.9. The smallest absolute Gasteiger partial charge is 0.238 e. The van der Waals surface area contributed by atoms with Gasteiger partial charge in [0.25, 0.3) is 0 Å². The van der Waals surface area contributed by atoms with Crippen LogP contribution in [0.1, 0.15) is 13.8 Å². The molecule has 2 amide bonds. The molecule has 3 rings (SSSR count). The van der Waals surface area contributed by atoms with E-state index >= 15 is 0 Å². The number of hydrogen-bond donors (Lipinski definition) is 1. The highest BCUT2D eigenvalue weighted by Crippen LogP contribution is 2.25. The lowest BCUT2D eigenvalue weighted by atomic mass is 10.2. The summed E-state index contributed by atoms with van der Waals surface area (Å²) >= 11 is 0. The van der Waals surface area contributed by atoms with Crippen LogP contribution in [0.4, 0.5) is 5.69 Å². The van der Waals surface area contributed by atoms with Gasteiger partial charge < -0.3 is 19.7 Å². The van der Waals surface area contributed by atoms with Crippen LogP contribution in [0.2, 0.25) is 0 Å². The highest BCUT2D eigenvalue weighted by atomic mass is 16.5. The highest BCUT2D eigenvalue weighted by molar-refractivity contribution is 5.92. The molecule has 0 atom stereocenters. The van der Waals surface area contributed by atoms with E-state index < -0.39 is 0 Å². The number of nitrogens with zero attached hydrogens (tertiary/aromatic N) is 2. The van der Waals surface area contributed by atoms with Crippen LogP contribution in [0, 0.1) is 0 Å². The quantitative estimate of drug-likeness (QED) is 0.778. The zero-order valence-electron chi connectivity index (χ0n) is 16.9. The SMILES string of the molecule is CCOc1ccc(Oc2ccc(NC(=O)CN3CCN(C(C)=O)CC3)cc2)cc1. The summed E-state index contributed by atoms with van der Waals surface area (Å²) in [7, 11) is 0.